The summed E-state index contributed by atoms with van der Waals surface area (Å²) >= 11 is 0. The molecule has 0 aromatic carbocycles. The van der Waals surface area contributed by atoms with Crippen LogP contribution >= 0.6 is 12.4 Å². The Balaban J connectivity index is -0.000000125. The van der Waals surface area contributed by atoms with Gasteiger partial charge in [0.1, 0.15) is 0 Å². The van der Waals surface area contributed by atoms with Gasteiger partial charge in [0.2, 0.25) is 0 Å². The predicted octanol–water partition coefficient (Wildman–Crippen LogP) is -2.10. The van der Waals surface area contributed by atoms with Crippen LogP contribution in [-0.4, -0.2) is 34.9 Å². The topological polar surface area (TPSA) is 98.0 Å². The van der Waals surface area contributed by atoms with E-state index in [4.69, 9.17) is 15.9 Å². The molecule has 0 saturated carbocycles. The van der Waals surface area contributed by atoms with Crippen LogP contribution in [0.15, 0.2) is 0 Å². The first-order valence-electron chi connectivity index (χ1n) is 1.78. The Morgan fingerprint density at radius 1 is 1.25 bits per heavy atom. The molecule has 0 aliphatic rings. The summed E-state index contributed by atoms with van der Waals surface area (Å²) in [5.74, 6) is 0. The number of hydrogen-bond donors (Lipinski definition) is 3. The molecule has 0 amide bonds. The standard InChI is InChI=1S/C3H9NO2.ClH.H2O/c4-3(1-5)2-6;;/h3,5-6H,1-2,4H2;1H;1H2. The Hall–Kier alpha value is 0.130. The summed E-state index contributed by atoms with van der Waals surface area (Å²) in [5.41, 5.74) is 4.97. The average molecular weight is 146 g/mol. The average Bonchev–Trinajstić information content (AvgIpc) is 1.65. The molecule has 0 saturated heterocycles. The Morgan fingerprint density at radius 3 is 1.50 bits per heavy atom. The van der Waals surface area contributed by atoms with E-state index in [1.54, 1.807) is 0 Å². The van der Waals surface area contributed by atoms with Crippen molar-refractivity contribution in [2.24, 2.45) is 5.73 Å². The van der Waals surface area contributed by atoms with Crippen LogP contribution in [-0.2, 0) is 0 Å². The van der Waals surface area contributed by atoms with Gasteiger partial charge in [0.05, 0.1) is 19.3 Å². The summed E-state index contributed by atoms with van der Waals surface area (Å²) in [6, 6.07) is -0.454. The molecule has 0 bridgehead atoms. The van der Waals surface area contributed by atoms with Crippen molar-refractivity contribution < 1.29 is 15.7 Å². The first-order valence-corrected chi connectivity index (χ1v) is 1.78. The van der Waals surface area contributed by atoms with Crippen LogP contribution in [0.3, 0.4) is 0 Å². The lowest BCUT2D eigenvalue weighted by Crippen LogP contribution is -2.27. The second-order valence-corrected chi connectivity index (χ2v) is 1.13. The SMILES string of the molecule is Cl.NC(CO)CO.O. The molecule has 0 atom stereocenters. The molecule has 0 aliphatic carbocycles. The number of nitrogens with two attached hydrogens (primary N) is 1. The van der Waals surface area contributed by atoms with Crippen LogP contribution in [0, 0.1) is 0 Å². The molecule has 0 fully saturated rings. The molecule has 0 rings (SSSR count). The predicted molar refractivity (Wildman–Crippen MR) is 33.0 cm³/mol. The molecule has 6 N–H and O–H groups in total. The quantitative estimate of drug-likeness (QED) is 0.415. The summed E-state index contributed by atoms with van der Waals surface area (Å²) in [6.07, 6.45) is 0. The third-order valence-electron chi connectivity index (χ3n) is 0.469. The summed E-state index contributed by atoms with van der Waals surface area (Å²) in [7, 11) is 0. The first kappa shape index (κ1) is 15.7. The second-order valence-electron chi connectivity index (χ2n) is 1.13. The largest absolute Gasteiger partial charge is 0.412 e. The van der Waals surface area contributed by atoms with Crippen molar-refractivity contribution in [1.82, 2.24) is 0 Å². The highest BCUT2D eigenvalue weighted by Gasteiger charge is 1.91. The molecule has 0 unspecified atom stereocenters. The second kappa shape index (κ2) is 10.2. The van der Waals surface area contributed by atoms with Gasteiger partial charge in [-0.25, -0.2) is 0 Å². The number of aliphatic hydroxyl groups excluding tert-OH is 2. The molecule has 8 heavy (non-hydrogen) atoms. The van der Waals surface area contributed by atoms with E-state index in [0.29, 0.717) is 0 Å². The molecule has 0 aromatic rings. The molecule has 54 valence electrons. The number of hydrogen-bond acceptors (Lipinski definition) is 3. The van der Waals surface area contributed by atoms with Crippen LogP contribution in [0.25, 0.3) is 0 Å². The Morgan fingerprint density at radius 2 is 1.50 bits per heavy atom. The lowest BCUT2D eigenvalue weighted by Gasteiger charge is -1.98. The molecule has 0 spiro atoms. The van der Waals surface area contributed by atoms with Crippen molar-refractivity contribution in [2.45, 2.75) is 6.04 Å². The molecule has 4 nitrogen and oxygen atoms in total. The van der Waals surface area contributed by atoms with E-state index >= 15 is 0 Å². The smallest absolute Gasteiger partial charge is 0.0605 e. The van der Waals surface area contributed by atoms with E-state index in [2.05, 4.69) is 0 Å². The summed E-state index contributed by atoms with van der Waals surface area (Å²) in [4.78, 5) is 0. The minimum Gasteiger partial charge on any atom is -0.412 e. The number of aliphatic hydroxyl groups is 2. The maximum atomic E-state index is 8.05. The van der Waals surface area contributed by atoms with Crippen molar-refractivity contribution in [3.63, 3.8) is 0 Å². The van der Waals surface area contributed by atoms with Crippen LogP contribution in [0.2, 0.25) is 0 Å². The third-order valence-corrected chi connectivity index (χ3v) is 0.469. The highest BCUT2D eigenvalue weighted by molar-refractivity contribution is 5.85. The molecule has 0 aliphatic heterocycles. The zero-order valence-corrected chi connectivity index (χ0v) is 5.19. The Labute approximate surface area is 54.0 Å². The lowest BCUT2D eigenvalue weighted by atomic mass is 10.4. The van der Waals surface area contributed by atoms with Gasteiger partial charge in [-0.1, -0.05) is 0 Å². The normalized spacial score (nSPS) is 7.50. The molecule has 0 aromatic heterocycles. The van der Waals surface area contributed by atoms with Gasteiger partial charge in [0.15, 0.2) is 0 Å². The van der Waals surface area contributed by atoms with Crippen molar-refractivity contribution in [2.75, 3.05) is 13.2 Å². The monoisotopic (exact) mass is 145 g/mol. The summed E-state index contributed by atoms with van der Waals surface area (Å²) < 4.78 is 0. The molecule has 0 radical (unpaired) electrons. The van der Waals surface area contributed by atoms with Gasteiger partial charge in [-0.15, -0.1) is 12.4 Å². The number of halogens is 1. The zero-order valence-electron chi connectivity index (χ0n) is 4.37. The fourth-order valence-electron chi connectivity index (χ4n) is 0.0577. The highest BCUT2D eigenvalue weighted by Crippen LogP contribution is 1.66. The van der Waals surface area contributed by atoms with Crippen molar-refractivity contribution in [3.8, 4) is 0 Å². The van der Waals surface area contributed by atoms with E-state index in [-0.39, 0.29) is 31.1 Å². The van der Waals surface area contributed by atoms with Crippen LogP contribution < -0.4 is 5.73 Å². The van der Waals surface area contributed by atoms with Gasteiger partial charge in [0, 0.05) is 0 Å². The fraction of sp³-hybridized carbons (Fsp3) is 1.00. The number of rotatable bonds is 2. The van der Waals surface area contributed by atoms with E-state index < -0.39 is 6.04 Å². The third kappa shape index (κ3) is 9.46. The minimum atomic E-state index is -0.454. The Bertz CT molecular complexity index is 33.7. The maximum absolute atomic E-state index is 8.05. The van der Waals surface area contributed by atoms with Gasteiger partial charge in [-0.2, -0.15) is 0 Å². The van der Waals surface area contributed by atoms with Gasteiger partial charge >= 0.3 is 0 Å². The van der Waals surface area contributed by atoms with Crippen molar-refractivity contribution >= 4 is 12.4 Å². The first-order chi connectivity index (χ1) is 2.81. The lowest BCUT2D eigenvalue weighted by molar-refractivity contribution is 0.194. The van der Waals surface area contributed by atoms with Crippen molar-refractivity contribution in [3.05, 3.63) is 0 Å². The van der Waals surface area contributed by atoms with Gasteiger partial charge in [-0.05, 0) is 0 Å². The highest BCUT2D eigenvalue weighted by atomic mass is 35.5. The van der Waals surface area contributed by atoms with Crippen LogP contribution in [0.1, 0.15) is 0 Å². The summed E-state index contributed by atoms with van der Waals surface area (Å²) in [5, 5.41) is 16.1. The van der Waals surface area contributed by atoms with Gasteiger partial charge in [-0.3, -0.25) is 0 Å². The fourth-order valence-corrected chi connectivity index (χ4v) is 0.0577. The minimum absolute atomic E-state index is 0. The zero-order chi connectivity index (χ0) is 4.99. The van der Waals surface area contributed by atoms with E-state index in [1.807, 2.05) is 0 Å². The van der Waals surface area contributed by atoms with Crippen LogP contribution in [0.4, 0.5) is 0 Å². The van der Waals surface area contributed by atoms with Gasteiger partial charge in [0.25, 0.3) is 0 Å². The Kier molecular flexibility index (Phi) is 20.0. The van der Waals surface area contributed by atoms with Gasteiger partial charge < -0.3 is 21.4 Å². The van der Waals surface area contributed by atoms with Crippen molar-refractivity contribution in [1.29, 1.82) is 0 Å². The van der Waals surface area contributed by atoms with Crippen LogP contribution in [0.5, 0.6) is 0 Å². The molecule has 5 heteroatoms. The maximum Gasteiger partial charge on any atom is 0.0605 e. The van der Waals surface area contributed by atoms with E-state index in [0.717, 1.165) is 0 Å². The molecular formula is C3H12ClNO3. The molecular weight excluding hydrogens is 133 g/mol. The van der Waals surface area contributed by atoms with E-state index in [1.165, 1.54) is 0 Å². The summed E-state index contributed by atoms with van der Waals surface area (Å²) in [6.45, 7) is -0.285. The molecule has 0 heterocycles. The van der Waals surface area contributed by atoms with E-state index in [9.17, 15) is 0 Å².